The zero-order valence-electron chi connectivity index (χ0n) is 14.9. The largest absolute Gasteiger partial charge is 0.391 e. The number of aliphatic hydroxyl groups excluding tert-OH is 1. The number of likely N-dealkylation sites (tertiary alicyclic amines) is 1. The fraction of sp³-hybridized carbons (Fsp3) is 1.00. The lowest BCUT2D eigenvalue weighted by atomic mass is 9.66. The highest BCUT2D eigenvalue weighted by Gasteiger charge is 2.58. The molecule has 128 valence electrons. The molecule has 0 aromatic rings. The van der Waals surface area contributed by atoms with E-state index in [1.54, 1.807) is 0 Å². The summed E-state index contributed by atoms with van der Waals surface area (Å²) >= 11 is 0. The maximum Gasteiger partial charge on any atom is 0.0699 e. The third kappa shape index (κ3) is 2.95. The second-order valence-electron chi connectivity index (χ2n) is 8.69. The van der Waals surface area contributed by atoms with Crippen LogP contribution in [-0.2, 0) is 4.74 Å². The number of aliphatic hydroxyl groups is 1. The number of hydrogen-bond acceptors (Lipinski definition) is 4. The third-order valence-electron chi connectivity index (χ3n) is 6.01. The van der Waals surface area contributed by atoms with Crippen LogP contribution < -0.4 is 5.32 Å². The maximum atomic E-state index is 10.5. The van der Waals surface area contributed by atoms with Crippen molar-refractivity contribution < 1.29 is 9.84 Å². The van der Waals surface area contributed by atoms with E-state index in [0.717, 1.165) is 32.2 Å². The van der Waals surface area contributed by atoms with Crippen molar-refractivity contribution in [2.45, 2.75) is 89.8 Å². The molecule has 0 bridgehead atoms. The van der Waals surface area contributed by atoms with Crippen molar-refractivity contribution in [1.82, 2.24) is 10.2 Å². The van der Waals surface area contributed by atoms with Crippen LogP contribution in [0.4, 0.5) is 0 Å². The fourth-order valence-electron chi connectivity index (χ4n) is 5.52. The number of nitrogens with one attached hydrogen (secondary N) is 1. The molecule has 1 saturated heterocycles. The average Bonchev–Trinajstić information content (AvgIpc) is 2.63. The Hall–Kier alpha value is -0.160. The maximum absolute atomic E-state index is 10.5. The van der Waals surface area contributed by atoms with Gasteiger partial charge in [-0.1, -0.05) is 13.8 Å². The highest BCUT2D eigenvalue weighted by atomic mass is 16.5. The van der Waals surface area contributed by atoms with Crippen molar-refractivity contribution in [2.24, 2.45) is 11.3 Å². The molecule has 2 aliphatic carbocycles. The topological polar surface area (TPSA) is 44.7 Å². The van der Waals surface area contributed by atoms with Crippen LogP contribution >= 0.6 is 0 Å². The summed E-state index contributed by atoms with van der Waals surface area (Å²) in [6, 6.07) is 1.45. The molecule has 2 N–H and O–H groups in total. The van der Waals surface area contributed by atoms with E-state index in [0.29, 0.717) is 35.6 Å². The van der Waals surface area contributed by atoms with Gasteiger partial charge in [-0.25, -0.2) is 0 Å². The molecule has 2 unspecified atom stereocenters. The van der Waals surface area contributed by atoms with Crippen molar-refractivity contribution in [3.8, 4) is 0 Å². The summed E-state index contributed by atoms with van der Waals surface area (Å²) in [5.74, 6) is 0.664. The lowest BCUT2D eigenvalue weighted by molar-refractivity contribution is -0.0832. The van der Waals surface area contributed by atoms with Crippen molar-refractivity contribution >= 4 is 0 Å². The Morgan fingerprint density at radius 1 is 1.18 bits per heavy atom. The van der Waals surface area contributed by atoms with E-state index in [2.05, 4.69) is 45.0 Å². The Labute approximate surface area is 135 Å². The summed E-state index contributed by atoms with van der Waals surface area (Å²) in [6.45, 7) is 9.98. The van der Waals surface area contributed by atoms with Crippen molar-refractivity contribution in [1.29, 1.82) is 0 Å². The van der Waals surface area contributed by atoms with Crippen LogP contribution in [0.15, 0.2) is 0 Å². The van der Waals surface area contributed by atoms with Gasteiger partial charge in [0.1, 0.15) is 0 Å². The third-order valence-corrected chi connectivity index (χ3v) is 6.01. The van der Waals surface area contributed by atoms with Gasteiger partial charge in [-0.2, -0.15) is 0 Å². The van der Waals surface area contributed by atoms with Crippen LogP contribution in [0.5, 0.6) is 0 Å². The standard InChI is InChI=1S/C18H34N2O2/c1-11(2)17-18(10-20(17)5)8-15(16(21)9-18)19-13-6-14(7-13)22-12(3)4/h11-17,19,21H,6-10H2,1-5H3/t13?,14?,15-,16-,17?,18?/m1/s1. The normalized spacial score (nSPS) is 45.5. The lowest BCUT2D eigenvalue weighted by Crippen LogP contribution is -2.64. The summed E-state index contributed by atoms with van der Waals surface area (Å²) < 4.78 is 5.83. The van der Waals surface area contributed by atoms with Crippen LogP contribution in [-0.4, -0.2) is 60.0 Å². The predicted octanol–water partition coefficient (Wildman–Crippen LogP) is 2.01. The van der Waals surface area contributed by atoms with Crippen molar-refractivity contribution in [3.63, 3.8) is 0 Å². The minimum Gasteiger partial charge on any atom is -0.391 e. The average molecular weight is 310 g/mol. The molecule has 4 heteroatoms. The van der Waals surface area contributed by atoms with Crippen molar-refractivity contribution in [3.05, 3.63) is 0 Å². The quantitative estimate of drug-likeness (QED) is 0.815. The molecule has 0 radical (unpaired) electrons. The molecule has 3 rings (SSSR count). The minimum atomic E-state index is -0.181. The molecule has 1 aliphatic heterocycles. The molecular formula is C18H34N2O2. The Kier molecular flexibility index (Phi) is 4.59. The van der Waals surface area contributed by atoms with Gasteiger partial charge in [-0.05, 0) is 52.5 Å². The van der Waals surface area contributed by atoms with Gasteiger partial charge in [0.25, 0.3) is 0 Å². The number of rotatable bonds is 5. The first-order valence-corrected chi connectivity index (χ1v) is 9.10. The summed E-state index contributed by atoms with van der Waals surface area (Å²) in [5.41, 5.74) is 0.345. The van der Waals surface area contributed by atoms with Crippen LogP contribution in [0.1, 0.15) is 53.4 Å². The molecule has 22 heavy (non-hydrogen) atoms. The first-order chi connectivity index (χ1) is 10.3. The molecular weight excluding hydrogens is 276 g/mol. The highest BCUT2D eigenvalue weighted by molar-refractivity contribution is 5.12. The van der Waals surface area contributed by atoms with E-state index < -0.39 is 0 Å². The number of hydrogen-bond donors (Lipinski definition) is 2. The molecule has 1 spiro atoms. The Morgan fingerprint density at radius 2 is 1.86 bits per heavy atom. The molecule has 3 aliphatic rings. The molecule has 0 aromatic heterocycles. The second kappa shape index (κ2) is 6.04. The van der Waals surface area contributed by atoms with E-state index in [1.165, 1.54) is 0 Å². The highest BCUT2D eigenvalue weighted by Crippen LogP contribution is 2.52. The van der Waals surface area contributed by atoms with Gasteiger partial charge < -0.3 is 20.1 Å². The monoisotopic (exact) mass is 310 g/mol. The number of nitrogens with zero attached hydrogens (tertiary/aromatic N) is 1. The predicted molar refractivity (Wildman–Crippen MR) is 88.9 cm³/mol. The van der Waals surface area contributed by atoms with Crippen LogP contribution in [0, 0.1) is 11.3 Å². The van der Waals surface area contributed by atoms with E-state index in [-0.39, 0.29) is 12.1 Å². The van der Waals surface area contributed by atoms with E-state index in [1.807, 2.05) is 0 Å². The van der Waals surface area contributed by atoms with Crippen molar-refractivity contribution in [2.75, 3.05) is 13.6 Å². The summed E-state index contributed by atoms with van der Waals surface area (Å²) in [6.07, 6.45) is 4.86. The molecule has 0 aromatic carbocycles. The fourth-order valence-corrected chi connectivity index (χ4v) is 5.52. The first kappa shape index (κ1) is 16.7. The summed E-state index contributed by atoms with van der Waals surface area (Å²) in [4.78, 5) is 2.47. The van der Waals surface area contributed by atoms with Gasteiger partial charge in [0, 0.05) is 30.1 Å². The van der Waals surface area contributed by atoms with Gasteiger partial charge in [0.05, 0.1) is 18.3 Å². The van der Waals surface area contributed by atoms with Gasteiger partial charge in [-0.15, -0.1) is 0 Å². The first-order valence-electron chi connectivity index (χ1n) is 9.10. The van der Waals surface area contributed by atoms with E-state index in [9.17, 15) is 5.11 Å². The number of ether oxygens (including phenoxy) is 1. The van der Waals surface area contributed by atoms with Crippen LogP contribution in [0.3, 0.4) is 0 Å². The Morgan fingerprint density at radius 3 is 2.41 bits per heavy atom. The van der Waals surface area contributed by atoms with Crippen LogP contribution in [0.2, 0.25) is 0 Å². The Bertz CT molecular complexity index is 390. The molecule has 4 nitrogen and oxygen atoms in total. The SMILES string of the molecule is CC(C)OC1CC(N[C@@H]2CC3(C[C@H]2O)CN(C)C3C(C)C)C1. The van der Waals surface area contributed by atoms with Gasteiger partial charge in [-0.3, -0.25) is 0 Å². The molecule has 0 amide bonds. The van der Waals surface area contributed by atoms with Crippen LogP contribution in [0.25, 0.3) is 0 Å². The minimum absolute atomic E-state index is 0.181. The second-order valence-corrected chi connectivity index (χ2v) is 8.69. The molecule has 3 fully saturated rings. The summed E-state index contributed by atoms with van der Waals surface area (Å²) in [5, 5.41) is 14.3. The smallest absolute Gasteiger partial charge is 0.0699 e. The summed E-state index contributed by atoms with van der Waals surface area (Å²) in [7, 11) is 2.23. The lowest BCUT2D eigenvalue weighted by Gasteiger charge is -2.57. The molecule has 4 atom stereocenters. The zero-order chi connectivity index (χ0) is 16.1. The Balaban J connectivity index is 1.50. The van der Waals surface area contributed by atoms with E-state index >= 15 is 0 Å². The van der Waals surface area contributed by atoms with Gasteiger partial charge in [0.15, 0.2) is 0 Å². The molecule has 1 heterocycles. The zero-order valence-corrected chi connectivity index (χ0v) is 14.9. The van der Waals surface area contributed by atoms with E-state index in [4.69, 9.17) is 4.74 Å². The van der Waals surface area contributed by atoms with Gasteiger partial charge in [0.2, 0.25) is 0 Å². The van der Waals surface area contributed by atoms with Gasteiger partial charge >= 0.3 is 0 Å². The molecule has 2 saturated carbocycles.